The molecule has 1 aliphatic carbocycles. The number of allylic oxidation sites excluding steroid dienone is 1. The molecule has 2 rings (SSSR count). The van der Waals surface area contributed by atoms with Crippen molar-refractivity contribution in [2.75, 3.05) is 7.11 Å². The highest BCUT2D eigenvalue weighted by Gasteiger charge is 2.38. The fourth-order valence-corrected chi connectivity index (χ4v) is 3.47. The molecule has 20 heavy (non-hydrogen) atoms. The number of aryl methyl sites for hydroxylation is 1. The number of unbranched alkanes of at least 4 members (excludes halogenated alkanes) is 1. The quantitative estimate of drug-likeness (QED) is 0.441. The van der Waals surface area contributed by atoms with Gasteiger partial charge in [0, 0.05) is 5.41 Å². The molecule has 0 bridgehead atoms. The molecule has 2 nitrogen and oxygen atoms in total. The molecule has 0 aliphatic heterocycles. The largest absolute Gasteiger partial charge is 0.469 e. The molecule has 0 saturated heterocycles. The van der Waals surface area contributed by atoms with E-state index >= 15 is 0 Å². The lowest BCUT2D eigenvalue weighted by molar-refractivity contribution is -0.142. The maximum Gasteiger partial charge on any atom is 0.306 e. The van der Waals surface area contributed by atoms with Crippen molar-refractivity contribution < 1.29 is 9.53 Å². The van der Waals surface area contributed by atoms with Crippen molar-refractivity contribution in [2.24, 2.45) is 0 Å². The van der Waals surface area contributed by atoms with E-state index in [0.29, 0.717) is 6.42 Å². The van der Waals surface area contributed by atoms with Gasteiger partial charge in [-0.25, -0.2) is 0 Å². The third-order valence-electron chi connectivity index (χ3n) is 4.46. The zero-order chi connectivity index (χ0) is 14.4. The Bertz CT molecular complexity index is 478. The Balaban J connectivity index is 2.31. The van der Waals surface area contributed by atoms with Gasteiger partial charge in [0.25, 0.3) is 0 Å². The smallest absolute Gasteiger partial charge is 0.306 e. The van der Waals surface area contributed by atoms with Crippen LogP contribution in [0.25, 0.3) is 0 Å². The van der Waals surface area contributed by atoms with Crippen LogP contribution < -0.4 is 0 Å². The molecule has 0 radical (unpaired) electrons. The predicted molar refractivity (Wildman–Crippen MR) is 81.7 cm³/mol. The summed E-state index contributed by atoms with van der Waals surface area (Å²) in [5, 5.41) is 0. The van der Waals surface area contributed by atoms with E-state index in [1.54, 1.807) is 0 Å². The van der Waals surface area contributed by atoms with E-state index in [2.05, 4.69) is 30.8 Å². The lowest BCUT2D eigenvalue weighted by atomic mass is 9.65. The summed E-state index contributed by atoms with van der Waals surface area (Å²) in [6.07, 6.45) is 8.93. The number of benzene rings is 1. The van der Waals surface area contributed by atoms with Gasteiger partial charge in [-0.15, -0.1) is 6.58 Å². The van der Waals surface area contributed by atoms with Crippen LogP contribution in [0.5, 0.6) is 0 Å². The highest BCUT2D eigenvalue weighted by atomic mass is 16.5. The van der Waals surface area contributed by atoms with Gasteiger partial charge in [0.15, 0.2) is 0 Å². The first-order valence-corrected chi connectivity index (χ1v) is 7.48. The zero-order valence-corrected chi connectivity index (χ0v) is 12.4. The molecule has 1 atom stereocenters. The van der Waals surface area contributed by atoms with Gasteiger partial charge in [-0.05, 0) is 49.7 Å². The Morgan fingerprint density at radius 1 is 1.45 bits per heavy atom. The summed E-state index contributed by atoms with van der Waals surface area (Å²) in [4.78, 5) is 11.9. The van der Waals surface area contributed by atoms with Gasteiger partial charge < -0.3 is 4.74 Å². The maximum atomic E-state index is 11.9. The third-order valence-corrected chi connectivity index (χ3v) is 4.46. The number of ether oxygens (including phenoxy) is 1. The first-order valence-electron chi connectivity index (χ1n) is 7.48. The number of methoxy groups -OCH3 is 1. The second kappa shape index (κ2) is 6.74. The predicted octanol–water partition coefficient (Wildman–Crippen LogP) is 4.18. The number of fused-ring (bicyclic) bond motifs is 1. The highest BCUT2D eigenvalue weighted by Crippen LogP contribution is 2.44. The minimum absolute atomic E-state index is 0.0368. The second-order valence-corrected chi connectivity index (χ2v) is 5.72. The summed E-state index contributed by atoms with van der Waals surface area (Å²) < 4.78 is 4.94. The number of carbonyl (C=O) groups excluding carboxylic acids is 1. The van der Waals surface area contributed by atoms with E-state index in [9.17, 15) is 4.79 Å². The average Bonchev–Trinajstić information content (AvgIpc) is 2.48. The molecule has 0 heterocycles. The second-order valence-electron chi connectivity index (χ2n) is 5.72. The molecule has 0 saturated carbocycles. The summed E-state index contributed by atoms with van der Waals surface area (Å²) >= 11 is 0. The zero-order valence-electron chi connectivity index (χ0n) is 12.4. The Labute approximate surface area is 121 Å². The van der Waals surface area contributed by atoms with E-state index in [1.807, 2.05) is 6.08 Å². The molecule has 0 aromatic heterocycles. The molecule has 0 amide bonds. The third kappa shape index (κ3) is 3.12. The Morgan fingerprint density at radius 3 is 3.00 bits per heavy atom. The minimum Gasteiger partial charge on any atom is -0.469 e. The van der Waals surface area contributed by atoms with Crippen LogP contribution in [0.2, 0.25) is 0 Å². The van der Waals surface area contributed by atoms with Gasteiger partial charge in [-0.3, -0.25) is 4.79 Å². The van der Waals surface area contributed by atoms with Crippen LogP contribution in [0.1, 0.15) is 49.7 Å². The molecule has 1 aliphatic rings. The number of rotatable bonds is 6. The van der Waals surface area contributed by atoms with E-state index in [0.717, 1.165) is 38.5 Å². The molecule has 0 spiro atoms. The van der Waals surface area contributed by atoms with Crippen LogP contribution in [0.4, 0.5) is 0 Å². The van der Waals surface area contributed by atoms with Crippen LogP contribution >= 0.6 is 0 Å². The minimum atomic E-state index is -0.0969. The van der Waals surface area contributed by atoms with E-state index < -0.39 is 0 Å². The Kier molecular flexibility index (Phi) is 4.99. The normalized spacial score (nSPS) is 21.1. The standard InChI is InChI=1S/C18H24O2/c1-3-4-7-12-18(14-17(19)20-2)13-8-10-15-9-5-6-11-16(15)18/h3,5-6,9,11H,1,4,7-8,10,12-14H2,2H3. The van der Waals surface area contributed by atoms with Crippen molar-refractivity contribution in [1.29, 1.82) is 0 Å². The lowest BCUT2D eigenvalue weighted by Gasteiger charge is -2.38. The average molecular weight is 272 g/mol. The molecule has 0 N–H and O–H groups in total. The van der Waals surface area contributed by atoms with Crippen LogP contribution in [0.15, 0.2) is 36.9 Å². The van der Waals surface area contributed by atoms with Gasteiger partial charge in [0.1, 0.15) is 0 Å². The molecule has 2 heteroatoms. The van der Waals surface area contributed by atoms with Crippen LogP contribution in [-0.2, 0) is 21.4 Å². The fraction of sp³-hybridized carbons (Fsp3) is 0.500. The van der Waals surface area contributed by atoms with E-state index in [1.165, 1.54) is 18.2 Å². The van der Waals surface area contributed by atoms with Gasteiger partial charge in [-0.1, -0.05) is 30.3 Å². The van der Waals surface area contributed by atoms with Gasteiger partial charge in [0.05, 0.1) is 13.5 Å². The molecular weight excluding hydrogens is 248 g/mol. The monoisotopic (exact) mass is 272 g/mol. The van der Waals surface area contributed by atoms with Crippen LogP contribution in [0, 0.1) is 0 Å². The molecule has 1 unspecified atom stereocenters. The molecule has 0 fully saturated rings. The lowest BCUT2D eigenvalue weighted by Crippen LogP contribution is -2.34. The van der Waals surface area contributed by atoms with Crippen molar-refractivity contribution in [1.82, 2.24) is 0 Å². The van der Waals surface area contributed by atoms with Gasteiger partial charge >= 0.3 is 5.97 Å². The summed E-state index contributed by atoms with van der Waals surface area (Å²) in [5.74, 6) is -0.0969. The summed E-state index contributed by atoms with van der Waals surface area (Å²) in [6.45, 7) is 3.80. The van der Waals surface area contributed by atoms with E-state index in [-0.39, 0.29) is 11.4 Å². The van der Waals surface area contributed by atoms with Crippen molar-refractivity contribution in [3.63, 3.8) is 0 Å². The molecule has 1 aromatic rings. The number of carbonyl (C=O) groups is 1. The fourth-order valence-electron chi connectivity index (χ4n) is 3.47. The molecule has 108 valence electrons. The first kappa shape index (κ1) is 14.8. The number of hydrogen-bond donors (Lipinski definition) is 0. The summed E-state index contributed by atoms with van der Waals surface area (Å²) in [7, 11) is 1.48. The van der Waals surface area contributed by atoms with E-state index in [4.69, 9.17) is 4.74 Å². The number of hydrogen-bond acceptors (Lipinski definition) is 2. The maximum absolute atomic E-state index is 11.9. The van der Waals surface area contributed by atoms with Crippen molar-refractivity contribution in [3.8, 4) is 0 Å². The van der Waals surface area contributed by atoms with Crippen LogP contribution in [-0.4, -0.2) is 13.1 Å². The van der Waals surface area contributed by atoms with Crippen molar-refractivity contribution >= 4 is 5.97 Å². The van der Waals surface area contributed by atoms with Gasteiger partial charge in [-0.2, -0.15) is 0 Å². The Hall–Kier alpha value is -1.57. The highest BCUT2D eigenvalue weighted by molar-refractivity contribution is 5.71. The molecular formula is C18H24O2. The summed E-state index contributed by atoms with van der Waals surface area (Å²) in [6, 6.07) is 8.58. The Morgan fingerprint density at radius 2 is 2.25 bits per heavy atom. The van der Waals surface area contributed by atoms with Gasteiger partial charge in [0.2, 0.25) is 0 Å². The van der Waals surface area contributed by atoms with Crippen molar-refractivity contribution in [2.45, 2.75) is 50.4 Å². The number of esters is 1. The van der Waals surface area contributed by atoms with Crippen molar-refractivity contribution in [3.05, 3.63) is 48.0 Å². The summed E-state index contributed by atoms with van der Waals surface area (Å²) in [5.41, 5.74) is 2.73. The van der Waals surface area contributed by atoms with Crippen LogP contribution in [0.3, 0.4) is 0 Å². The first-order chi connectivity index (χ1) is 9.72. The topological polar surface area (TPSA) is 26.3 Å². The SMILES string of the molecule is C=CCCCC1(CC(=O)OC)CCCc2ccccc21. The molecule has 1 aromatic carbocycles.